The normalized spacial score (nSPS) is 31.3. The van der Waals surface area contributed by atoms with Crippen molar-refractivity contribution in [2.75, 3.05) is 11.9 Å². The zero-order valence-corrected chi connectivity index (χ0v) is 14.6. The van der Waals surface area contributed by atoms with Gasteiger partial charge in [0.25, 0.3) is 0 Å². The van der Waals surface area contributed by atoms with Gasteiger partial charge < -0.3 is 15.8 Å². The van der Waals surface area contributed by atoms with Crippen molar-refractivity contribution in [2.24, 2.45) is 17.1 Å². The third-order valence-electron chi connectivity index (χ3n) is 5.24. The van der Waals surface area contributed by atoms with E-state index in [1.165, 1.54) is 18.2 Å². The van der Waals surface area contributed by atoms with Gasteiger partial charge in [0.1, 0.15) is 11.4 Å². The number of fused-ring (bicyclic) bond motifs is 1. The lowest BCUT2D eigenvalue weighted by Gasteiger charge is -2.65. The Labute approximate surface area is 146 Å². The van der Waals surface area contributed by atoms with Crippen LogP contribution in [0.25, 0.3) is 0 Å². The fourth-order valence-corrected chi connectivity index (χ4v) is 4.03. The molecule has 1 heterocycles. The van der Waals surface area contributed by atoms with E-state index in [0.717, 1.165) is 19.4 Å². The molecule has 2 aliphatic rings. The van der Waals surface area contributed by atoms with E-state index in [1.807, 2.05) is 13.8 Å². The standard InChI is InChI=1S/C16H20ClFN2O2.ClH/c1-15(2)13-10(4-3-7-22-13)16(15,19)14(21)20-9-5-6-12(18)11(17)8-9;/h5-6,8,10,13H,3-4,7,19H2,1-2H3,(H,20,21);1H. The van der Waals surface area contributed by atoms with Crippen molar-refractivity contribution in [2.45, 2.75) is 38.3 Å². The molecule has 0 bridgehead atoms. The maximum Gasteiger partial charge on any atom is 0.245 e. The minimum atomic E-state index is -1.00. The summed E-state index contributed by atoms with van der Waals surface area (Å²) in [6.07, 6.45) is 1.79. The molecule has 1 saturated heterocycles. The number of nitrogens with one attached hydrogen (secondary N) is 1. The van der Waals surface area contributed by atoms with Gasteiger partial charge in [0.2, 0.25) is 5.91 Å². The first kappa shape index (κ1) is 18.5. The fraction of sp³-hybridized carbons (Fsp3) is 0.562. The molecule has 0 aromatic heterocycles. The Kier molecular flexibility index (Phi) is 4.98. The maximum atomic E-state index is 13.2. The molecule has 1 aliphatic heterocycles. The number of nitrogens with two attached hydrogens (primary N) is 1. The lowest BCUT2D eigenvalue weighted by atomic mass is 9.46. The van der Waals surface area contributed by atoms with Gasteiger partial charge in [-0.15, -0.1) is 12.4 Å². The smallest absolute Gasteiger partial charge is 0.245 e. The highest BCUT2D eigenvalue weighted by Crippen LogP contribution is 2.57. The van der Waals surface area contributed by atoms with Crippen LogP contribution in [0.1, 0.15) is 26.7 Å². The Morgan fingerprint density at radius 2 is 2.17 bits per heavy atom. The van der Waals surface area contributed by atoms with Crippen LogP contribution in [0.5, 0.6) is 0 Å². The molecular weight excluding hydrogens is 342 g/mol. The van der Waals surface area contributed by atoms with Crippen LogP contribution >= 0.6 is 24.0 Å². The van der Waals surface area contributed by atoms with Crippen LogP contribution in [0, 0.1) is 17.2 Å². The Balaban J connectivity index is 0.00000192. The predicted octanol–water partition coefficient (Wildman–Crippen LogP) is 3.37. The van der Waals surface area contributed by atoms with Crippen LogP contribution in [0.2, 0.25) is 5.02 Å². The molecule has 3 N–H and O–H groups in total. The number of amides is 1. The highest BCUT2D eigenvalue weighted by Gasteiger charge is 2.70. The second-order valence-corrected chi connectivity index (χ2v) is 7.12. The Bertz CT molecular complexity index is 626. The lowest BCUT2D eigenvalue weighted by molar-refractivity contribution is -0.222. The van der Waals surface area contributed by atoms with Crippen molar-refractivity contribution < 1.29 is 13.9 Å². The van der Waals surface area contributed by atoms with Crippen molar-refractivity contribution in [3.8, 4) is 0 Å². The first-order valence-electron chi connectivity index (χ1n) is 7.45. The van der Waals surface area contributed by atoms with Gasteiger partial charge in [-0.25, -0.2) is 4.39 Å². The molecule has 0 radical (unpaired) electrons. The number of anilines is 1. The monoisotopic (exact) mass is 362 g/mol. The summed E-state index contributed by atoms with van der Waals surface area (Å²) in [5, 5.41) is 2.74. The Morgan fingerprint density at radius 1 is 1.48 bits per heavy atom. The van der Waals surface area contributed by atoms with Crippen LogP contribution < -0.4 is 11.1 Å². The molecule has 3 unspecified atom stereocenters. The molecule has 7 heteroatoms. The van der Waals surface area contributed by atoms with Gasteiger partial charge in [0.15, 0.2) is 0 Å². The van der Waals surface area contributed by atoms with E-state index in [2.05, 4.69) is 5.32 Å². The predicted molar refractivity (Wildman–Crippen MR) is 90.5 cm³/mol. The van der Waals surface area contributed by atoms with E-state index < -0.39 is 16.8 Å². The molecule has 1 amide bonds. The van der Waals surface area contributed by atoms with Crippen LogP contribution in [-0.4, -0.2) is 24.2 Å². The number of ether oxygens (including phenoxy) is 1. The van der Waals surface area contributed by atoms with Crippen molar-refractivity contribution in [1.29, 1.82) is 0 Å². The van der Waals surface area contributed by atoms with Crippen molar-refractivity contribution in [3.05, 3.63) is 29.0 Å². The third-order valence-corrected chi connectivity index (χ3v) is 5.53. The number of carbonyl (C=O) groups excluding carboxylic acids is 1. The summed E-state index contributed by atoms with van der Waals surface area (Å²) < 4.78 is 19.0. The van der Waals surface area contributed by atoms with Gasteiger partial charge in [-0.05, 0) is 31.0 Å². The average Bonchev–Trinajstić information content (AvgIpc) is 2.50. The molecule has 3 atom stereocenters. The number of rotatable bonds is 2. The van der Waals surface area contributed by atoms with Gasteiger partial charge in [0, 0.05) is 23.6 Å². The highest BCUT2D eigenvalue weighted by atomic mass is 35.5. The molecule has 1 aromatic rings. The second kappa shape index (κ2) is 6.20. The maximum absolute atomic E-state index is 13.2. The number of hydrogen-bond acceptors (Lipinski definition) is 3. The third kappa shape index (κ3) is 2.64. The SMILES string of the molecule is CC1(C)C2OCCCC2C1(N)C(=O)Nc1ccc(F)c(Cl)c1.Cl. The molecule has 128 valence electrons. The van der Waals surface area contributed by atoms with Crippen molar-refractivity contribution in [1.82, 2.24) is 0 Å². The van der Waals surface area contributed by atoms with Gasteiger partial charge in [-0.3, -0.25) is 4.79 Å². The largest absolute Gasteiger partial charge is 0.377 e. The fourth-order valence-electron chi connectivity index (χ4n) is 3.85. The first-order valence-corrected chi connectivity index (χ1v) is 7.83. The van der Waals surface area contributed by atoms with E-state index in [1.54, 1.807) is 0 Å². The van der Waals surface area contributed by atoms with Crippen molar-refractivity contribution >= 4 is 35.6 Å². The van der Waals surface area contributed by atoms with E-state index in [-0.39, 0.29) is 35.4 Å². The number of hydrogen-bond donors (Lipinski definition) is 2. The van der Waals surface area contributed by atoms with Crippen LogP contribution in [-0.2, 0) is 9.53 Å². The zero-order valence-electron chi connectivity index (χ0n) is 13.1. The summed E-state index contributed by atoms with van der Waals surface area (Å²) >= 11 is 5.75. The van der Waals surface area contributed by atoms with E-state index in [9.17, 15) is 9.18 Å². The highest BCUT2D eigenvalue weighted by molar-refractivity contribution is 6.31. The molecule has 3 rings (SSSR count). The average molecular weight is 363 g/mol. The second-order valence-electron chi connectivity index (χ2n) is 6.71. The number of halogens is 3. The molecule has 2 fully saturated rings. The van der Waals surface area contributed by atoms with Gasteiger partial charge in [-0.1, -0.05) is 25.4 Å². The molecule has 4 nitrogen and oxygen atoms in total. The van der Waals surface area contributed by atoms with E-state index >= 15 is 0 Å². The van der Waals surface area contributed by atoms with E-state index in [4.69, 9.17) is 22.1 Å². The zero-order chi connectivity index (χ0) is 16.1. The summed E-state index contributed by atoms with van der Waals surface area (Å²) in [4.78, 5) is 12.8. The number of carbonyl (C=O) groups is 1. The minimum absolute atomic E-state index is 0. The van der Waals surface area contributed by atoms with Crippen LogP contribution in [0.15, 0.2) is 18.2 Å². The summed E-state index contributed by atoms with van der Waals surface area (Å²) in [6.45, 7) is 4.63. The van der Waals surface area contributed by atoms with Gasteiger partial charge in [-0.2, -0.15) is 0 Å². The minimum Gasteiger partial charge on any atom is -0.377 e. The van der Waals surface area contributed by atoms with Crippen LogP contribution in [0.4, 0.5) is 10.1 Å². The molecular formula is C16H21Cl2FN2O2. The summed E-state index contributed by atoms with van der Waals surface area (Å²) in [6, 6.07) is 4.08. The van der Waals surface area contributed by atoms with Gasteiger partial charge in [0.05, 0.1) is 11.1 Å². The molecule has 23 heavy (non-hydrogen) atoms. The van der Waals surface area contributed by atoms with Crippen molar-refractivity contribution in [3.63, 3.8) is 0 Å². The topological polar surface area (TPSA) is 64.3 Å². The van der Waals surface area contributed by atoms with Gasteiger partial charge >= 0.3 is 0 Å². The lowest BCUT2D eigenvalue weighted by Crippen LogP contribution is -2.81. The summed E-state index contributed by atoms with van der Waals surface area (Å²) in [5.74, 6) is -0.786. The first-order chi connectivity index (χ1) is 10.3. The molecule has 0 spiro atoms. The quantitative estimate of drug-likeness (QED) is 0.847. The van der Waals surface area contributed by atoms with E-state index in [0.29, 0.717) is 5.69 Å². The molecule has 1 saturated carbocycles. The Hall–Kier alpha value is -0.880. The Morgan fingerprint density at radius 3 is 2.83 bits per heavy atom. The molecule has 1 aromatic carbocycles. The van der Waals surface area contributed by atoms with Crippen LogP contribution in [0.3, 0.4) is 0 Å². The molecule has 1 aliphatic carbocycles. The summed E-state index contributed by atoms with van der Waals surface area (Å²) in [7, 11) is 0. The summed E-state index contributed by atoms with van der Waals surface area (Å²) in [5.41, 5.74) is 5.48. The number of benzene rings is 1.